The lowest BCUT2D eigenvalue weighted by molar-refractivity contribution is -0.137. The molecule has 112 valence electrons. The molecule has 1 saturated carbocycles. The maximum absolute atomic E-state index is 12.7. The van der Waals surface area contributed by atoms with Gasteiger partial charge in [0.1, 0.15) is 0 Å². The normalized spacial score (nSPS) is 29.2. The molecule has 0 spiro atoms. The molecule has 0 aromatic heterocycles. The summed E-state index contributed by atoms with van der Waals surface area (Å²) >= 11 is 0. The summed E-state index contributed by atoms with van der Waals surface area (Å²) in [6, 6.07) is 5.08. The Labute approximate surface area is 117 Å². The molecule has 0 radical (unpaired) electrons. The first-order chi connectivity index (χ1) is 9.29. The molecule has 1 nitrogen and oxygen atoms in total. The number of aliphatic hydroxyl groups excluding tert-OH is 1. The van der Waals surface area contributed by atoms with Crippen LogP contribution in [0.1, 0.15) is 50.3 Å². The van der Waals surface area contributed by atoms with Crippen LogP contribution in [0.4, 0.5) is 13.2 Å². The number of rotatable bonds is 2. The molecule has 0 aliphatic heterocycles. The average molecular weight is 286 g/mol. The van der Waals surface area contributed by atoms with Gasteiger partial charge in [0.15, 0.2) is 0 Å². The van der Waals surface area contributed by atoms with Gasteiger partial charge in [-0.2, -0.15) is 13.2 Å². The summed E-state index contributed by atoms with van der Waals surface area (Å²) in [5.74, 6) is 1.19. The minimum Gasteiger partial charge on any atom is -0.388 e. The van der Waals surface area contributed by atoms with E-state index in [-0.39, 0.29) is 5.92 Å². The van der Waals surface area contributed by atoms with Gasteiger partial charge in [-0.1, -0.05) is 32.4 Å². The van der Waals surface area contributed by atoms with Crippen molar-refractivity contribution in [3.05, 3.63) is 35.4 Å². The summed E-state index contributed by atoms with van der Waals surface area (Å²) in [6.45, 7) is 4.34. The van der Waals surface area contributed by atoms with Crippen LogP contribution in [0.25, 0.3) is 0 Å². The van der Waals surface area contributed by atoms with E-state index in [9.17, 15) is 18.3 Å². The highest BCUT2D eigenvalue weighted by Gasteiger charge is 2.33. The van der Waals surface area contributed by atoms with Crippen LogP contribution in [0, 0.1) is 17.8 Å². The van der Waals surface area contributed by atoms with Crippen molar-refractivity contribution in [1.29, 1.82) is 0 Å². The molecule has 0 heterocycles. The molecule has 4 heteroatoms. The van der Waals surface area contributed by atoms with Crippen LogP contribution in [-0.4, -0.2) is 5.11 Å². The quantitative estimate of drug-likeness (QED) is 0.827. The van der Waals surface area contributed by atoms with E-state index in [4.69, 9.17) is 0 Å². The number of hydrogen-bond acceptors (Lipinski definition) is 1. The monoisotopic (exact) mass is 286 g/mol. The van der Waals surface area contributed by atoms with Crippen molar-refractivity contribution in [3.8, 4) is 0 Å². The maximum Gasteiger partial charge on any atom is 0.416 e. The van der Waals surface area contributed by atoms with E-state index in [0.29, 0.717) is 17.4 Å². The van der Waals surface area contributed by atoms with E-state index < -0.39 is 17.8 Å². The lowest BCUT2D eigenvalue weighted by atomic mass is 9.73. The van der Waals surface area contributed by atoms with Gasteiger partial charge in [0.05, 0.1) is 11.7 Å². The molecule has 0 bridgehead atoms. The Kier molecular flexibility index (Phi) is 4.43. The standard InChI is InChI=1S/C16H21F3O/c1-10-6-7-13(8-11(10)2)15(20)12-4-3-5-14(9-12)16(17,18)19/h3-5,9-11,13,15,20H,6-8H2,1-2H3. The van der Waals surface area contributed by atoms with Gasteiger partial charge < -0.3 is 5.11 Å². The summed E-state index contributed by atoms with van der Waals surface area (Å²) in [5, 5.41) is 10.4. The second-order valence-corrected chi connectivity index (χ2v) is 6.10. The third-order valence-electron chi connectivity index (χ3n) is 4.64. The van der Waals surface area contributed by atoms with Gasteiger partial charge in [0.25, 0.3) is 0 Å². The zero-order valence-corrected chi connectivity index (χ0v) is 11.8. The Hall–Kier alpha value is -1.03. The van der Waals surface area contributed by atoms with Crippen LogP contribution < -0.4 is 0 Å². The van der Waals surface area contributed by atoms with Gasteiger partial charge >= 0.3 is 6.18 Å². The van der Waals surface area contributed by atoms with Crippen LogP contribution in [-0.2, 0) is 6.18 Å². The largest absolute Gasteiger partial charge is 0.416 e. The first-order valence-electron chi connectivity index (χ1n) is 7.14. The highest BCUT2D eigenvalue weighted by atomic mass is 19.4. The van der Waals surface area contributed by atoms with Gasteiger partial charge in [0, 0.05) is 0 Å². The Morgan fingerprint density at radius 3 is 2.45 bits per heavy atom. The number of benzene rings is 1. The van der Waals surface area contributed by atoms with Crippen molar-refractivity contribution >= 4 is 0 Å². The summed E-state index contributed by atoms with van der Waals surface area (Å²) < 4.78 is 38.1. The topological polar surface area (TPSA) is 20.2 Å². The van der Waals surface area contributed by atoms with Gasteiger partial charge in [-0.25, -0.2) is 0 Å². The fourth-order valence-corrected chi connectivity index (χ4v) is 3.05. The lowest BCUT2D eigenvalue weighted by Crippen LogP contribution is -2.25. The lowest BCUT2D eigenvalue weighted by Gasteiger charge is -2.35. The Morgan fingerprint density at radius 2 is 1.85 bits per heavy atom. The minimum absolute atomic E-state index is 0.0599. The number of halogens is 3. The number of aliphatic hydroxyl groups is 1. The summed E-state index contributed by atoms with van der Waals surface area (Å²) in [5.41, 5.74) is -0.308. The van der Waals surface area contributed by atoms with Crippen molar-refractivity contribution in [3.63, 3.8) is 0 Å². The predicted octanol–water partition coefficient (Wildman–Crippen LogP) is 4.81. The SMILES string of the molecule is CC1CCC(C(O)c2cccc(C(F)(F)F)c2)CC1C. The molecular formula is C16H21F3O. The van der Waals surface area contributed by atoms with E-state index in [2.05, 4.69) is 13.8 Å². The average Bonchev–Trinajstić information content (AvgIpc) is 2.40. The van der Waals surface area contributed by atoms with E-state index in [1.165, 1.54) is 6.07 Å². The van der Waals surface area contributed by atoms with Crippen molar-refractivity contribution in [2.24, 2.45) is 17.8 Å². The van der Waals surface area contributed by atoms with Crippen LogP contribution in [0.5, 0.6) is 0 Å². The molecule has 1 aliphatic rings. The van der Waals surface area contributed by atoms with E-state index >= 15 is 0 Å². The third-order valence-corrected chi connectivity index (χ3v) is 4.64. The smallest absolute Gasteiger partial charge is 0.388 e. The highest BCUT2D eigenvalue weighted by molar-refractivity contribution is 5.27. The zero-order chi connectivity index (χ0) is 14.9. The Bertz CT molecular complexity index is 455. The van der Waals surface area contributed by atoms with Crippen molar-refractivity contribution in [1.82, 2.24) is 0 Å². The first kappa shape index (κ1) is 15.4. The summed E-state index contributed by atoms with van der Waals surface area (Å²) in [6.07, 6.45) is -2.37. The van der Waals surface area contributed by atoms with Gasteiger partial charge in [-0.05, 0) is 48.3 Å². The fourth-order valence-electron chi connectivity index (χ4n) is 3.05. The predicted molar refractivity (Wildman–Crippen MR) is 72.1 cm³/mol. The van der Waals surface area contributed by atoms with Crippen molar-refractivity contribution in [2.45, 2.75) is 45.4 Å². The molecule has 2 rings (SSSR count). The van der Waals surface area contributed by atoms with Crippen LogP contribution in [0.2, 0.25) is 0 Å². The molecule has 4 unspecified atom stereocenters. The highest BCUT2D eigenvalue weighted by Crippen LogP contribution is 2.40. The summed E-state index contributed by atoms with van der Waals surface area (Å²) in [4.78, 5) is 0. The molecule has 1 fully saturated rings. The minimum atomic E-state index is -4.36. The molecule has 0 saturated heterocycles. The molecule has 1 aromatic carbocycles. The Balaban J connectivity index is 2.15. The van der Waals surface area contributed by atoms with E-state index in [1.54, 1.807) is 6.07 Å². The fraction of sp³-hybridized carbons (Fsp3) is 0.625. The summed E-state index contributed by atoms with van der Waals surface area (Å²) in [7, 11) is 0. The number of alkyl halides is 3. The molecule has 1 aromatic rings. The van der Waals surface area contributed by atoms with Crippen molar-refractivity contribution in [2.75, 3.05) is 0 Å². The molecule has 1 N–H and O–H groups in total. The van der Waals surface area contributed by atoms with Crippen molar-refractivity contribution < 1.29 is 18.3 Å². The van der Waals surface area contributed by atoms with Crippen LogP contribution >= 0.6 is 0 Å². The Morgan fingerprint density at radius 1 is 1.15 bits per heavy atom. The first-order valence-corrected chi connectivity index (χ1v) is 7.14. The zero-order valence-electron chi connectivity index (χ0n) is 11.8. The third kappa shape index (κ3) is 3.35. The van der Waals surface area contributed by atoms with Gasteiger partial charge in [-0.15, -0.1) is 0 Å². The molecule has 20 heavy (non-hydrogen) atoms. The second-order valence-electron chi connectivity index (χ2n) is 6.10. The molecule has 4 atom stereocenters. The van der Waals surface area contributed by atoms with E-state index in [1.807, 2.05) is 0 Å². The van der Waals surface area contributed by atoms with Gasteiger partial charge in [-0.3, -0.25) is 0 Å². The van der Waals surface area contributed by atoms with E-state index in [0.717, 1.165) is 31.4 Å². The molecule has 1 aliphatic carbocycles. The molecular weight excluding hydrogens is 265 g/mol. The van der Waals surface area contributed by atoms with Gasteiger partial charge in [0.2, 0.25) is 0 Å². The van der Waals surface area contributed by atoms with Crippen LogP contribution in [0.15, 0.2) is 24.3 Å². The second kappa shape index (κ2) is 5.76. The molecule has 0 amide bonds. The maximum atomic E-state index is 12.7. The number of hydrogen-bond donors (Lipinski definition) is 1. The van der Waals surface area contributed by atoms with Crippen LogP contribution in [0.3, 0.4) is 0 Å².